The highest BCUT2D eigenvalue weighted by atomic mass is 32.1. The molecule has 2 aliphatic rings. The molecule has 1 N–H and O–H groups in total. The third kappa shape index (κ3) is 3.13. The Labute approximate surface area is 152 Å². The zero-order chi connectivity index (χ0) is 18.0. The van der Waals surface area contributed by atoms with Crippen molar-refractivity contribution in [3.8, 4) is 0 Å². The van der Waals surface area contributed by atoms with Gasteiger partial charge >= 0.3 is 12.0 Å². The van der Waals surface area contributed by atoms with Crippen molar-refractivity contribution in [3.63, 3.8) is 0 Å². The number of hydrogen-bond donors (Lipinski definition) is 2. The molecule has 1 unspecified atom stereocenters. The largest absolute Gasteiger partial charge is 0.479 e. The van der Waals surface area contributed by atoms with E-state index in [4.69, 9.17) is 0 Å². The van der Waals surface area contributed by atoms with Crippen LogP contribution in [0.4, 0.5) is 4.79 Å². The van der Waals surface area contributed by atoms with E-state index < -0.39 is 17.5 Å². The van der Waals surface area contributed by atoms with Gasteiger partial charge in [0.25, 0.3) is 5.91 Å². The number of carbonyl (C=O) groups is 3. The number of benzene rings is 1. The van der Waals surface area contributed by atoms with Crippen LogP contribution in [0.2, 0.25) is 0 Å². The van der Waals surface area contributed by atoms with Crippen LogP contribution >= 0.6 is 12.6 Å². The van der Waals surface area contributed by atoms with Gasteiger partial charge in [0.2, 0.25) is 0 Å². The second-order valence-corrected chi connectivity index (χ2v) is 7.07. The molecule has 0 radical (unpaired) electrons. The molecule has 6 nitrogen and oxygen atoms in total. The molecule has 1 heterocycles. The summed E-state index contributed by atoms with van der Waals surface area (Å²) in [6.45, 7) is -0.162. The summed E-state index contributed by atoms with van der Waals surface area (Å²) in [5.74, 6) is -1.02. The van der Waals surface area contributed by atoms with Gasteiger partial charge in [-0.2, -0.15) is 12.6 Å². The molecule has 1 aromatic carbocycles. The first-order valence-electron chi connectivity index (χ1n) is 8.51. The number of amides is 3. The highest BCUT2D eigenvalue weighted by Crippen LogP contribution is 2.38. The van der Waals surface area contributed by atoms with Gasteiger partial charge in [-0.05, 0) is 24.8 Å². The summed E-state index contributed by atoms with van der Waals surface area (Å²) in [5.41, 5.74) is -0.232. The van der Waals surface area contributed by atoms with Crippen molar-refractivity contribution in [2.75, 3.05) is 12.3 Å². The molecule has 134 valence electrons. The Morgan fingerprint density at radius 2 is 1.84 bits per heavy atom. The molecule has 1 saturated carbocycles. The lowest BCUT2D eigenvalue weighted by atomic mass is 9.96. The molecule has 1 atom stereocenters. The maximum atomic E-state index is 12.9. The summed E-state index contributed by atoms with van der Waals surface area (Å²) in [5, 5.41) is 9.71. The van der Waals surface area contributed by atoms with Crippen LogP contribution in [0.1, 0.15) is 31.2 Å². The number of imide groups is 1. The summed E-state index contributed by atoms with van der Waals surface area (Å²) < 4.78 is 0. The van der Waals surface area contributed by atoms with Crippen molar-refractivity contribution in [1.82, 2.24) is 9.80 Å². The van der Waals surface area contributed by atoms with Crippen molar-refractivity contribution in [2.24, 2.45) is 0 Å². The first kappa shape index (κ1) is 17.8. The average Bonchev–Trinajstić information content (AvgIpc) is 3.20. The second kappa shape index (κ2) is 7.07. The lowest BCUT2D eigenvalue weighted by molar-refractivity contribution is -0.149. The minimum absolute atomic E-state index is 0.162. The number of nitrogens with zero attached hydrogens (tertiary/aromatic N) is 2. The average molecular weight is 362 g/mol. The topological polar surface area (TPSA) is 77.9 Å². The third-order valence-electron chi connectivity index (χ3n) is 5.23. The number of hydrogen-bond acceptors (Lipinski definition) is 4. The van der Waals surface area contributed by atoms with E-state index in [1.807, 2.05) is 30.3 Å². The van der Waals surface area contributed by atoms with Crippen molar-refractivity contribution in [1.29, 1.82) is 0 Å². The van der Waals surface area contributed by atoms with Crippen LogP contribution in [0.5, 0.6) is 0 Å². The van der Waals surface area contributed by atoms with E-state index in [9.17, 15) is 19.5 Å². The van der Waals surface area contributed by atoms with Gasteiger partial charge in [0, 0.05) is 5.75 Å². The van der Waals surface area contributed by atoms with Gasteiger partial charge in [-0.3, -0.25) is 14.6 Å². The molecule has 0 aromatic heterocycles. The Balaban J connectivity index is 1.84. The first-order valence-corrected chi connectivity index (χ1v) is 9.14. The van der Waals surface area contributed by atoms with Crippen LogP contribution in [0.3, 0.4) is 0 Å². The summed E-state index contributed by atoms with van der Waals surface area (Å²) >= 11 is 4.32. The number of rotatable bonds is 6. The summed E-state index contributed by atoms with van der Waals surface area (Å²) in [7, 11) is 0. The molecular formula is C18H22N2O4S. The highest BCUT2D eigenvalue weighted by Gasteiger charge is 2.55. The van der Waals surface area contributed by atoms with Crippen LogP contribution in [-0.4, -0.2) is 56.7 Å². The third-order valence-corrected chi connectivity index (χ3v) is 5.66. The molecule has 0 spiro atoms. The molecule has 1 aromatic rings. The van der Waals surface area contributed by atoms with Crippen molar-refractivity contribution < 1.29 is 19.5 Å². The van der Waals surface area contributed by atoms with Crippen LogP contribution in [0.15, 0.2) is 30.3 Å². The summed E-state index contributed by atoms with van der Waals surface area (Å²) in [6.07, 6.45) is 2.82. The molecule has 3 amide bonds. The van der Waals surface area contributed by atoms with Crippen LogP contribution in [0, 0.1) is 0 Å². The minimum Gasteiger partial charge on any atom is -0.479 e. The predicted molar refractivity (Wildman–Crippen MR) is 95.6 cm³/mol. The van der Waals surface area contributed by atoms with Gasteiger partial charge in [-0.15, -0.1) is 0 Å². The zero-order valence-corrected chi connectivity index (χ0v) is 14.8. The molecule has 2 fully saturated rings. The summed E-state index contributed by atoms with van der Waals surface area (Å²) in [6, 6.07) is 8.71. The van der Waals surface area contributed by atoms with E-state index in [0.717, 1.165) is 18.4 Å². The zero-order valence-electron chi connectivity index (χ0n) is 13.9. The number of aliphatic carboxylic acids is 1. The number of carboxylic acids is 1. The second-order valence-electron chi connectivity index (χ2n) is 6.70. The van der Waals surface area contributed by atoms with Crippen molar-refractivity contribution in [2.45, 2.75) is 43.7 Å². The standard InChI is InChI=1S/C18H22N2O4S/c21-15-11-19(18(16(22)23)8-4-5-9-18)17(24)20(15)14(12-25)10-13-6-2-1-3-7-13/h1-3,6-7,14,25H,4-5,8-12H2,(H,22,23). The van der Waals surface area contributed by atoms with E-state index in [1.165, 1.54) is 9.80 Å². The van der Waals surface area contributed by atoms with Gasteiger partial charge in [0.15, 0.2) is 0 Å². The Hall–Kier alpha value is -2.02. The quantitative estimate of drug-likeness (QED) is 0.601. The Kier molecular flexibility index (Phi) is 5.03. The Bertz CT molecular complexity index is 673. The van der Waals surface area contributed by atoms with Crippen molar-refractivity contribution >= 4 is 30.5 Å². The predicted octanol–water partition coefficient (Wildman–Crippen LogP) is 2.19. The van der Waals surface area contributed by atoms with E-state index in [1.54, 1.807) is 0 Å². The van der Waals surface area contributed by atoms with Crippen LogP contribution in [-0.2, 0) is 16.0 Å². The molecule has 0 bridgehead atoms. The lowest BCUT2D eigenvalue weighted by Crippen LogP contribution is -2.55. The fourth-order valence-corrected chi connectivity index (χ4v) is 4.19. The fraction of sp³-hybridized carbons (Fsp3) is 0.500. The van der Waals surface area contributed by atoms with Crippen LogP contribution < -0.4 is 0 Å². The van der Waals surface area contributed by atoms with Gasteiger partial charge < -0.3 is 5.11 Å². The van der Waals surface area contributed by atoms with E-state index >= 15 is 0 Å². The lowest BCUT2D eigenvalue weighted by Gasteiger charge is -2.34. The van der Waals surface area contributed by atoms with Gasteiger partial charge in [0.1, 0.15) is 12.1 Å². The maximum absolute atomic E-state index is 12.9. The Morgan fingerprint density at radius 3 is 2.40 bits per heavy atom. The van der Waals surface area contributed by atoms with E-state index in [2.05, 4.69) is 12.6 Å². The number of carbonyl (C=O) groups excluding carboxylic acids is 2. The van der Waals surface area contributed by atoms with Gasteiger partial charge in [-0.25, -0.2) is 9.59 Å². The molecule has 1 aliphatic carbocycles. The molecule has 1 aliphatic heterocycles. The van der Waals surface area contributed by atoms with Gasteiger partial charge in [0.05, 0.1) is 6.04 Å². The summed E-state index contributed by atoms with van der Waals surface area (Å²) in [4.78, 5) is 39.8. The SMILES string of the molecule is O=C1CN(C2(C(=O)O)CCCC2)C(=O)N1C(CS)Cc1ccccc1. The maximum Gasteiger partial charge on any atom is 0.329 e. The van der Waals surface area contributed by atoms with Crippen molar-refractivity contribution in [3.05, 3.63) is 35.9 Å². The van der Waals surface area contributed by atoms with E-state index in [-0.39, 0.29) is 18.5 Å². The smallest absolute Gasteiger partial charge is 0.329 e. The molecular weight excluding hydrogens is 340 g/mol. The Morgan fingerprint density at radius 1 is 1.20 bits per heavy atom. The number of urea groups is 1. The van der Waals surface area contributed by atoms with Gasteiger partial charge in [-0.1, -0.05) is 43.2 Å². The number of carboxylic acid groups (broad SMARTS) is 1. The fourth-order valence-electron chi connectivity index (χ4n) is 3.89. The molecule has 25 heavy (non-hydrogen) atoms. The minimum atomic E-state index is -1.24. The van der Waals surface area contributed by atoms with E-state index in [0.29, 0.717) is 25.0 Å². The normalized spacial score (nSPS) is 21.0. The molecule has 1 saturated heterocycles. The highest BCUT2D eigenvalue weighted by molar-refractivity contribution is 7.80. The molecule has 7 heteroatoms. The van der Waals surface area contributed by atoms with Crippen LogP contribution in [0.25, 0.3) is 0 Å². The molecule has 3 rings (SSSR count). The first-order chi connectivity index (χ1) is 12.0. The monoisotopic (exact) mass is 362 g/mol. The number of thiol groups is 1.